The number of thiazole rings is 1. The predicted molar refractivity (Wildman–Crippen MR) is 89.2 cm³/mol. The molecule has 1 aromatic heterocycles. The van der Waals surface area contributed by atoms with E-state index in [9.17, 15) is 4.39 Å². The lowest BCUT2D eigenvalue weighted by molar-refractivity contribution is 0.590. The highest BCUT2D eigenvalue weighted by Crippen LogP contribution is 2.44. The summed E-state index contributed by atoms with van der Waals surface area (Å²) < 4.78 is 14.9. The van der Waals surface area contributed by atoms with Crippen molar-refractivity contribution in [3.8, 4) is 10.6 Å². The minimum Gasteiger partial charge on any atom is -0.310 e. The molecule has 0 atom stereocenters. The first-order valence-electron chi connectivity index (χ1n) is 7.23. The summed E-state index contributed by atoms with van der Waals surface area (Å²) in [5, 5.41) is 4.23. The zero-order valence-electron chi connectivity index (χ0n) is 12.1. The smallest absolute Gasteiger partial charge is 0.133 e. The number of nitrogens with one attached hydrogen (secondary N) is 1. The lowest BCUT2D eigenvalue weighted by Crippen LogP contribution is -2.21. The highest BCUT2D eigenvalue weighted by molar-refractivity contribution is 9.10. The van der Waals surface area contributed by atoms with E-state index in [2.05, 4.69) is 35.1 Å². The van der Waals surface area contributed by atoms with E-state index >= 15 is 0 Å². The molecule has 1 N–H and O–H groups in total. The highest BCUT2D eigenvalue weighted by Gasteiger charge is 2.30. The fraction of sp³-hybridized carbons (Fsp3) is 0.438. The molecule has 1 aliphatic carbocycles. The largest absolute Gasteiger partial charge is 0.310 e. The van der Waals surface area contributed by atoms with Gasteiger partial charge in [0.25, 0.3) is 0 Å². The molecule has 1 aromatic carbocycles. The van der Waals surface area contributed by atoms with E-state index in [1.54, 1.807) is 17.4 Å². The van der Waals surface area contributed by atoms with E-state index in [0.29, 0.717) is 17.5 Å². The summed E-state index contributed by atoms with van der Waals surface area (Å²) in [6.07, 6.45) is 2.41. The molecule has 0 saturated heterocycles. The van der Waals surface area contributed by atoms with Crippen molar-refractivity contribution in [3.05, 3.63) is 39.1 Å². The molecule has 0 amide bonds. The van der Waals surface area contributed by atoms with Gasteiger partial charge in [-0.25, -0.2) is 9.37 Å². The lowest BCUT2D eigenvalue weighted by atomic mass is 10.2. The molecule has 2 nitrogen and oxygen atoms in total. The van der Waals surface area contributed by atoms with E-state index in [4.69, 9.17) is 4.98 Å². The van der Waals surface area contributed by atoms with Crippen LogP contribution in [0.2, 0.25) is 0 Å². The van der Waals surface area contributed by atoms with Gasteiger partial charge < -0.3 is 5.32 Å². The van der Waals surface area contributed by atoms with Gasteiger partial charge in [0.05, 0.1) is 5.69 Å². The molecule has 0 spiro atoms. The van der Waals surface area contributed by atoms with Crippen molar-refractivity contribution in [1.29, 1.82) is 0 Å². The Hall–Kier alpha value is -0.780. The summed E-state index contributed by atoms with van der Waals surface area (Å²) in [5.41, 5.74) is 1.76. The van der Waals surface area contributed by atoms with Crippen LogP contribution in [0.5, 0.6) is 0 Å². The van der Waals surface area contributed by atoms with Crippen LogP contribution in [0, 0.1) is 5.82 Å². The number of hydrogen-bond donors (Lipinski definition) is 1. The first kappa shape index (κ1) is 15.1. The molecule has 112 valence electrons. The van der Waals surface area contributed by atoms with Crippen LogP contribution in [0.15, 0.2) is 22.7 Å². The van der Waals surface area contributed by atoms with Crippen molar-refractivity contribution in [3.63, 3.8) is 0 Å². The van der Waals surface area contributed by atoms with Gasteiger partial charge in [-0.3, -0.25) is 0 Å². The van der Waals surface area contributed by atoms with Crippen molar-refractivity contribution >= 4 is 27.3 Å². The number of hydrogen-bond acceptors (Lipinski definition) is 3. The van der Waals surface area contributed by atoms with Gasteiger partial charge in [0, 0.05) is 33.4 Å². The highest BCUT2D eigenvalue weighted by atomic mass is 79.9. The monoisotopic (exact) mass is 368 g/mol. The Morgan fingerprint density at radius 1 is 1.43 bits per heavy atom. The minimum atomic E-state index is -0.210. The van der Waals surface area contributed by atoms with Gasteiger partial charge in [0.1, 0.15) is 10.8 Å². The Bertz CT molecular complexity index is 650. The number of benzene rings is 1. The van der Waals surface area contributed by atoms with Crippen LogP contribution < -0.4 is 5.32 Å². The lowest BCUT2D eigenvalue weighted by Gasteiger charge is -2.07. The Morgan fingerprint density at radius 2 is 2.19 bits per heavy atom. The molecule has 0 aliphatic heterocycles. The van der Waals surface area contributed by atoms with Crippen LogP contribution in [-0.4, -0.2) is 11.0 Å². The van der Waals surface area contributed by atoms with E-state index in [1.807, 2.05) is 6.07 Å². The summed E-state index contributed by atoms with van der Waals surface area (Å²) in [4.78, 5) is 5.99. The second kappa shape index (κ2) is 6.15. The van der Waals surface area contributed by atoms with Crippen LogP contribution in [0.1, 0.15) is 43.2 Å². The third kappa shape index (κ3) is 3.52. The van der Waals surface area contributed by atoms with Gasteiger partial charge in [0.2, 0.25) is 0 Å². The molecule has 1 fully saturated rings. The average Bonchev–Trinajstić information content (AvgIpc) is 3.19. The zero-order chi connectivity index (χ0) is 15.0. The van der Waals surface area contributed by atoms with Crippen LogP contribution >= 0.6 is 27.3 Å². The van der Waals surface area contributed by atoms with E-state index in [0.717, 1.165) is 16.0 Å². The first-order chi connectivity index (χ1) is 10.0. The number of rotatable bonds is 5. The summed E-state index contributed by atoms with van der Waals surface area (Å²) in [6, 6.07) is 5.45. The summed E-state index contributed by atoms with van der Waals surface area (Å²) in [5.74, 6) is 0.367. The van der Waals surface area contributed by atoms with Crippen LogP contribution in [-0.2, 0) is 6.54 Å². The fourth-order valence-electron chi connectivity index (χ4n) is 2.24. The van der Waals surface area contributed by atoms with E-state index in [1.165, 1.54) is 29.5 Å². The number of aromatic nitrogens is 1. The van der Waals surface area contributed by atoms with Gasteiger partial charge in [-0.2, -0.15) is 0 Å². The summed E-state index contributed by atoms with van der Waals surface area (Å²) in [7, 11) is 0. The number of nitrogens with zero attached hydrogens (tertiary/aromatic N) is 1. The van der Waals surface area contributed by atoms with Gasteiger partial charge in [-0.05, 0) is 31.0 Å². The van der Waals surface area contributed by atoms with Gasteiger partial charge in [-0.15, -0.1) is 11.3 Å². The molecular weight excluding hydrogens is 351 g/mol. The van der Waals surface area contributed by atoms with Crippen molar-refractivity contribution in [2.75, 3.05) is 0 Å². The molecule has 0 bridgehead atoms. The van der Waals surface area contributed by atoms with Gasteiger partial charge >= 0.3 is 0 Å². The van der Waals surface area contributed by atoms with Crippen LogP contribution in [0.3, 0.4) is 0 Å². The van der Waals surface area contributed by atoms with Crippen molar-refractivity contribution < 1.29 is 4.39 Å². The Kier molecular flexibility index (Phi) is 4.43. The third-order valence-electron chi connectivity index (χ3n) is 3.52. The second-order valence-corrected chi connectivity index (χ2v) is 7.76. The maximum Gasteiger partial charge on any atom is 0.133 e. The molecule has 2 aromatic rings. The van der Waals surface area contributed by atoms with Gasteiger partial charge in [-0.1, -0.05) is 29.8 Å². The normalized spacial score (nSPS) is 14.9. The van der Waals surface area contributed by atoms with E-state index < -0.39 is 0 Å². The van der Waals surface area contributed by atoms with Crippen molar-refractivity contribution in [2.24, 2.45) is 0 Å². The number of halogens is 2. The topological polar surface area (TPSA) is 24.9 Å². The third-order valence-corrected chi connectivity index (χ3v) is 5.12. The summed E-state index contributed by atoms with van der Waals surface area (Å²) >= 11 is 5.02. The standard InChI is InChI=1S/C16H18BrFN2S/c1-9(2)19-8-14-15(10-3-4-10)20-16(21-14)12-7-11(17)5-6-13(12)18/h5-7,9-10,19H,3-4,8H2,1-2H3. The van der Waals surface area contributed by atoms with Crippen molar-refractivity contribution in [1.82, 2.24) is 10.3 Å². The van der Waals surface area contributed by atoms with E-state index in [-0.39, 0.29) is 5.82 Å². The second-order valence-electron chi connectivity index (χ2n) is 5.76. The molecule has 5 heteroatoms. The maximum atomic E-state index is 14.1. The van der Waals surface area contributed by atoms with Gasteiger partial charge in [0.15, 0.2) is 0 Å². The predicted octanol–water partition coefficient (Wildman–Crippen LogP) is 5.09. The molecular formula is C16H18BrFN2S. The zero-order valence-corrected chi connectivity index (χ0v) is 14.5. The molecule has 1 aliphatic rings. The maximum absolute atomic E-state index is 14.1. The Morgan fingerprint density at radius 3 is 2.86 bits per heavy atom. The minimum absolute atomic E-state index is 0.210. The first-order valence-corrected chi connectivity index (χ1v) is 8.84. The average molecular weight is 369 g/mol. The van der Waals surface area contributed by atoms with Crippen LogP contribution in [0.4, 0.5) is 4.39 Å². The quantitative estimate of drug-likeness (QED) is 0.794. The molecule has 1 heterocycles. The van der Waals surface area contributed by atoms with Crippen LogP contribution in [0.25, 0.3) is 10.6 Å². The molecule has 3 rings (SSSR count). The Balaban J connectivity index is 1.95. The van der Waals surface area contributed by atoms with Crippen molar-refractivity contribution in [2.45, 2.75) is 45.2 Å². The molecule has 1 saturated carbocycles. The SMILES string of the molecule is CC(C)NCc1sc(-c2cc(Br)ccc2F)nc1C1CC1. The Labute approximate surface area is 136 Å². The summed E-state index contributed by atoms with van der Waals surface area (Å²) in [6.45, 7) is 5.08. The molecule has 21 heavy (non-hydrogen) atoms. The fourth-order valence-corrected chi connectivity index (χ4v) is 3.72. The molecule has 0 unspecified atom stereocenters. The molecule has 0 radical (unpaired) electrons.